The minimum atomic E-state index is -4.48. The van der Waals surface area contributed by atoms with Gasteiger partial charge in [-0.15, -0.1) is 0 Å². The molecule has 0 saturated carbocycles. The number of rotatable bonds is 4. The molecule has 3 rings (SSSR count). The van der Waals surface area contributed by atoms with Crippen molar-refractivity contribution in [3.63, 3.8) is 0 Å². The van der Waals surface area contributed by atoms with Crippen LogP contribution >= 0.6 is 0 Å². The highest BCUT2D eigenvalue weighted by Gasteiger charge is 2.33. The maximum atomic E-state index is 12.9. The van der Waals surface area contributed by atoms with Crippen molar-refractivity contribution < 1.29 is 32.2 Å². The van der Waals surface area contributed by atoms with E-state index in [4.69, 9.17) is 14.2 Å². The lowest BCUT2D eigenvalue weighted by Crippen LogP contribution is -2.06. The van der Waals surface area contributed by atoms with Gasteiger partial charge in [0.2, 0.25) is 5.75 Å². The largest absolute Gasteiger partial charge is 0.493 e. The molecule has 1 amide bonds. The van der Waals surface area contributed by atoms with Crippen LogP contribution in [0.5, 0.6) is 17.2 Å². The predicted molar refractivity (Wildman–Crippen MR) is 94.0 cm³/mol. The first-order valence-electron chi connectivity index (χ1n) is 7.83. The first kappa shape index (κ1) is 18.6. The molecular formula is C19H16F3NO4. The third kappa shape index (κ3) is 3.42. The van der Waals surface area contributed by atoms with E-state index in [9.17, 15) is 18.0 Å². The van der Waals surface area contributed by atoms with Gasteiger partial charge in [-0.3, -0.25) is 4.79 Å². The molecule has 5 nitrogen and oxygen atoms in total. The normalized spacial score (nSPS) is 14.7. The molecule has 0 bridgehead atoms. The van der Waals surface area contributed by atoms with Crippen molar-refractivity contribution in [1.82, 2.24) is 0 Å². The van der Waals surface area contributed by atoms with Crippen LogP contribution in [0.15, 0.2) is 30.3 Å². The van der Waals surface area contributed by atoms with E-state index >= 15 is 0 Å². The Kier molecular flexibility index (Phi) is 4.73. The summed E-state index contributed by atoms with van der Waals surface area (Å²) in [6.45, 7) is 0. The topological polar surface area (TPSA) is 56.8 Å². The second kappa shape index (κ2) is 6.86. The van der Waals surface area contributed by atoms with Crippen molar-refractivity contribution in [2.24, 2.45) is 0 Å². The zero-order chi connectivity index (χ0) is 19.8. The second-order valence-electron chi connectivity index (χ2n) is 5.73. The number of amides is 1. The quantitative estimate of drug-likeness (QED) is 0.808. The summed E-state index contributed by atoms with van der Waals surface area (Å²) < 4.78 is 54.4. The summed E-state index contributed by atoms with van der Waals surface area (Å²) in [6.07, 6.45) is -2.93. The molecule has 142 valence electrons. The number of hydrogen-bond acceptors (Lipinski definition) is 4. The summed E-state index contributed by atoms with van der Waals surface area (Å²) in [7, 11) is 4.40. The second-order valence-corrected chi connectivity index (χ2v) is 5.73. The molecule has 0 fully saturated rings. The number of fused-ring (bicyclic) bond motifs is 1. The number of nitrogens with one attached hydrogen (secondary N) is 1. The zero-order valence-electron chi connectivity index (χ0n) is 14.7. The molecule has 2 aromatic rings. The van der Waals surface area contributed by atoms with E-state index < -0.39 is 17.6 Å². The Morgan fingerprint density at radius 1 is 0.963 bits per heavy atom. The Hall–Kier alpha value is -3.16. The Morgan fingerprint density at radius 3 is 2.11 bits per heavy atom. The Balaban J connectivity index is 2.08. The number of alkyl halides is 3. The molecule has 0 aliphatic carbocycles. The first-order valence-corrected chi connectivity index (χ1v) is 7.83. The van der Waals surface area contributed by atoms with Crippen LogP contribution in [0.2, 0.25) is 0 Å². The van der Waals surface area contributed by atoms with Gasteiger partial charge in [-0.05, 0) is 35.9 Å². The summed E-state index contributed by atoms with van der Waals surface area (Å²) in [5.74, 6) is 0.704. The van der Waals surface area contributed by atoms with Gasteiger partial charge in [-0.1, -0.05) is 6.07 Å². The molecule has 0 saturated heterocycles. The van der Waals surface area contributed by atoms with Crippen molar-refractivity contribution in [2.75, 3.05) is 26.6 Å². The number of benzene rings is 2. The van der Waals surface area contributed by atoms with Crippen LogP contribution in [0.1, 0.15) is 16.7 Å². The fraction of sp³-hybridized carbons (Fsp3) is 0.211. The molecule has 1 heterocycles. The molecule has 0 radical (unpaired) electrons. The Bertz CT molecular complexity index is 910. The SMILES string of the molecule is COc1cc(/C=C2\C(=O)Nc3cc(C(F)(F)F)ccc32)cc(OC)c1OC. The highest BCUT2D eigenvalue weighted by atomic mass is 19.4. The summed E-state index contributed by atoms with van der Waals surface area (Å²) >= 11 is 0. The minimum absolute atomic E-state index is 0.119. The molecule has 1 aliphatic heterocycles. The van der Waals surface area contributed by atoms with Gasteiger partial charge in [0.05, 0.1) is 26.9 Å². The molecular weight excluding hydrogens is 363 g/mol. The van der Waals surface area contributed by atoms with E-state index in [1.165, 1.54) is 27.4 Å². The molecule has 0 aromatic heterocycles. The maximum absolute atomic E-state index is 12.9. The van der Waals surface area contributed by atoms with Gasteiger partial charge in [-0.25, -0.2) is 0 Å². The van der Waals surface area contributed by atoms with E-state index in [0.29, 0.717) is 28.4 Å². The van der Waals surface area contributed by atoms with Crippen molar-refractivity contribution in [1.29, 1.82) is 0 Å². The Morgan fingerprint density at radius 2 is 1.59 bits per heavy atom. The van der Waals surface area contributed by atoms with Crippen LogP contribution in [-0.4, -0.2) is 27.2 Å². The predicted octanol–water partition coefficient (Wildman–Crippen LogP) is 4.22. The van der Waals surface area contributed by atoms with Crippen LogP contribution in [-0.2, 0) is 11.0 Å². The third-order valence-electron chi connectivity index (χ3n) is 4.13. The van der Waals surface area contributed by atoms with E-state index in [-0.39, 0.29) is 11.3 Å². The van der Waals surface area contributed by atoms with Crippen LogP contribution < -0.4 is 19.5 Å². The van der Waals surface area contributed by atoms with Gasteiger partial charge < -0.3 is 19.5 Å². The highest BCUT2D eigenvalue weighted by Crippen LogP contribution is 2.41. The van der Waals surface area contributed by atoms with E-state index in [2.05, 4.69) is 5.32 Å². The number of anilines is 1. The summed E-state index contributed by atoms with van der Waals surface area (Å²) in [5.41, 5.74) is 0.501. The molecule has 0 spiro atoms. The van der Waals surface area contributed by atoms with Crippen LogP contribution in [0.25, 0.3) is 11.6 Å². The van der Waals surface area contributed by atoms with Gasteiger partial charge in [-0.2, -0.15) is 13.2 Å². The number of halogens is 3. The lowest BCUT2D eigenvalue weighted by Gasteiger charge is -2.13. The van der Waals surface area contributed by atoms with Gasteiger partial charge in [0, 0.05) is 16.8 Å². The number of carbonyl (C=O) groups is 1. The maximum Gasteiger partial charge on any atom is 0.416 e. The fourth-order valence-electron chi connectivity index (χ4n) is 2.87. The lowest BCUT2D eigenvalue weighted by atomic mass is 10.0. The standard InChI is InChI=1S/C19H16F3NO4/c1-25-15-7-10(8-16(26-2)17(15)27-3)6-13-12-5-4-11(19(20,21)22)9-14(12)23-18(13)24/h4-9H,1-3H3,(H,23,24)/b13-6-. The number of hydrogen-bond donors (Lipinski definition) is 1. The summed E-state index contributed by atoms with van der Waals surface area (Å²) in [4.78, 5) is 12.3. The number of methoxy groups -OCH3 is 3. The average molecular weight is 379 g/mol. The van der Waals surface area contributed by atoms with Gasteiger partial charge in [0.15, 0.2) is 11.5 Å². The lowest BCUT2D eigenvalue weighted by molar-refractivity contribution is -0.137. The fourth-order valence-corrected chi connectivity index (χ4v) is 2.87. The zero-order valence-corrected chi connectivity index (χ0v) is 14.7. The monoisotopic (exact) mass is 379 g/mol. The molecule has 27 heavy (non-hydrogen) atoms. The number of ether oxygens (including phenoxy) is 3. The van der Waals surface area contributed by atoms with Crippen molar-refractivity contribution in [3.8, 4) is 17.2 Å². The minimum Gasteiger partial charge on any atom is -0.493 e. The van der Waals surface area contributed by atoms with Crippen molar-refractivity contribution >= 4 is 23.2 Å². The molecule has 0 atom stereocenters. The van der Waals surface area contributed by atoms with Crippen LogP contribution in [0.4, 0.5) is 18.9 Å². The average Bonchev–Trinajstić information content (AvgIpc) is 2.94. The molecule has 1 aliphatic rings. The molecule has 0 unspecified atom stereocenters. The van der Waals surface area contributed by atoms with Crippen molar-refractivity contribution in [3.05, 3.63) is 47.0 Å². The Labute approximate surface area is 153 Å². The molecule has 1 N–H and O–H groups in total. The number of carbonyl (C=O) groups excluding carboxylic acids is 1. The first-order chi connectivity index (χ1) is 12.8. The summed E-state index contributed by atoms with van der Waals surface area (Å²) in [5, 5.41) is 2.47. The van der Waals surface area contributed by atoms with Gasteiger partial charge >= 0.3 is 6.18 Å². The smallest absolute Gasteiger partial charge is 0.416 e. The van der Waals surface area contributed by atoms with Gasteiger partial charge in [0.25, 0.3) is 5.91 Å². The highest BCUT2D eigenvalue weighted by molar-refractivity contribution is 6.35. The third-order valence-corrected chi connectivity index (χ3v) is 4.13. The van der Waals surface area contributed by atoms with Crippen molar-refractivity contribution in [2.45, 2.75) is 6.18 Å². The van der Waals surface area contributed by atoms with Crippen LogP contribution in [0.3, 0.4) is 0 Å². The van der Waals surface area contributed by atoms with E-state index in [1.54, 1.807) is 18.2 Å². The van der Waals surface area contributed by atoms with E-state index in [1.807, 2.05) is 0 Å². The molecule has 8 heteroatoms. The van der Waals surface area contributed by atoms with Gasteiger partial charge in [0.1, 0.15) is 0 Å². The van der Waals surface area contributed by atoms with E-state index in [0.717, 1.165) is 12.1 Å². The van der Waals surface area contributed by atoms with Crippen LogP contribution in [0, 0.1) is 0 Å². The summed E-state index contributed by atoms with van der Waals surface area (Å²) in [6, 6.07) is 6.43. The molecule has 2 aromatic carbocycles.